The van der Waals surface area contributed by atoms with Crippen LogP contribution in [0.2, 0.25) is 0 Å². The quantitative estimate of drug-likeness (QED) is 0.303. The van der Waals surface area contributed by atoms with Gasteiger partial charge < -0.3 is 5.11 Å². The van der Waals surface area contributed by atoms with Gasteiger partial charge in [-0.2, -0.15) is 8.42 Å². The topological polar surface area (TPSA) is 130 Å². The molecule has 11 heteroatoms. The Bertz CT molecular complexity index is 1230. The van der Waals surface area contributed by atoms with Crippen LogP contribution in [-0.2, 0) is 14.8 Å². The van der Waals surface area contributed by atoms with Crippen LogP contribution in [0.5, 0.6) is 5.75 Å². The predicted molar refractivity (Wildman–Crippen MR) is 118 cm³/mol. The van der Waals surface area contributed by atoms with E-state index in [1.54, 1.807) is 12.1 Å². The molecule has 0 aromatic heterocycles. The fourth-order valence-electron chi connectivity index (χ4n) is 2.64. The van der Waals surface area contributed by atoms with E-state index in [0.717, 1.165) is 40.4 Å². The number of non-ortho nitro benzene ring substituents is 1. The third kappa shape index (κ3) is 4.84. The van der Waals surface area contributed by atoms with Gasteiger partial charge in [0.15, 0.2) is 5.17 Å². The number of amides is 1. The van der Waals surface area contributed by atoms with Gasteiger partial charge >= 0.3 is 0 Å². The van der Waals surface area contributed by atoms with E-state index in [9.17, 15) is 28.4 Å². The summed E-state index contributed by atoms with van der Waals surface area (Å²) in [5, 5.41) is 20.9. The minimum atomic E-state index is -4.08. The maximum absolute atomic E-state index is 12.8. The van der Waals surface area contributed by atoms with Crippen LogP contribution in [0.15, 0.2) is 69.3 Å². The number of sulfonamides is 1. The first-order chi connectivity index (χ1) is 14.6. The number of nitro benzene ring substituents is 1. The third-order valence-corrected chi connectivity index (χ3v) is 6.63. The lowest BCUT2D eigenvalue weighted by Gasteiger charge is -2.12. The van der Waals surface area contributed by atoms with Crippen LogP contribution >= 0.6 is 11.8 Å². The largest absolute Gasteiger partial charge is 0.507 e. The van der Waals surface area contributed by atoms with Gasteiger partial charge in [-0.1, -0.05) is 23.8 Å². The molecule has 1 aliphatic heterocycles. The molecule has 0 atom stereocenters. The predicted octanol–water partition coefficient (Wildman–Crippen LogP) is 3.46. The molecule has 160 valence electrons. The zero-order chi connectivity index (χ0) is 22.8. The Morgan fingerprint density at radius 1 is 1.26 bits per heavy atom. The molecular weight excluding hydrogens is 442 g/mol. The molecule has 2 aromatic rings. The molecule has 31 heavy (non-hydrogen) atoms. The third-order valence-electron chi connectivity index (χ3n) is 4.23. The van der Waals surface area contributed by atoms with Gasteiger partial charge in [0.05, 0.1) is 14.7 Å². The van der Waals surface area contributed by atoms with Crippen molar-refractivity contribution < 1.29 is 23.2 Å². The molecule has 0 spiro atoms. The number of amidine groups is 1. The fraction of sp³-hybridized carbons (Fsp3) is 0.100. The maximum atomic E-state index is 12.8. The highest BCUT2D eigenvalue weighted by Gasteiger charge is 2.34. The molecule has 1 fully saturated rings. The van der Waals surface area contributed by atoms with Gasteiger partial charge in [0.1, 0.15) is 5.75 Å². The highest BCUT2D eigenvalue weighted by molar-refractivity contribution is 8.19. The van der Waals surface area contributed by atoms with E-state index in [-0.39, 0.29) is 38.5 Å². The van der Waals surface area contributed by atoms with Gasteiger partial charge in [0, 0.05) is 24.2 Å². The molecule has 1 N–H and O–H groups in total. The van der Waals surface area contributed by atoms with Gasteiger partial charge in [-0.3, -0.25) is 19.8 Å². The summed E-state index contributed by atoms with van der Waals surface area (Å²) >= 11 is 0.789. The summed E-state index contributed by atoms with van der Waals surface area (Å²) in [6, 6.07) is 9.51. The summed E-state index contributed by atoms with van der Waals surface area (Å²) in [4.78, 5) is 24.3. The van der Waals surface area contributed by atoms with Crippen molar-refractivity contribution >= 4 is 44.6 Å². The number of phenols is 1. The second-order valence-corrected chi connectivity index (χ2v) is 9.09. The van der Waals surface area contributed by atoms with Gasteiger partial charge in [-0.15, -0.1) is 11.0 Å². The average Bonchev–Trinajstić information content (AvgIpc) is 2.98. The van der Waals surface area contributed by atoms with Gasteiger partial charge in [0.25, 0.3) is 21.6 Å². The first-order valence-corrected chi connectivity index (χ1v) is 11.1. The summed E-state index contributed by atoms with van der Waals surface area (Å²) in [6.45, 7) is 5.40. The number of carbonyl (C=O) groups is 1. The minimum absolute atomic E-state index is 0.00629. The molecule has 0 unspecified atom stereocenters. The zero-order valence-corrected chi connectivity index (χ0v) is 17.9. The Balaban J connectivity index is 2.03. The van der Waals surface area contributed by atoms with Crippen molar-refractivity contribution in [2.24, 2.45) is 4.40 Å². The molecule has 1 saturated heterocycles. The van der Waals surface area contributed by atoms with Crippen molar-refractivity contribution in [1.82, 2.24) is 4.90 Å². The lowest BCUT2D eigenvalue weighted by molar-refractivity contribution is -0.384. The van der Waals surface area contributed by atoms with Gasteiger partial charge in [-0.05, 0) is 43.0 Å². The number of hydrogen-bond acceptors (Lipinski definition) is 7. The Morgan fingerprint density at radius 2 is 1.94 bits per heavy atom. The second-order valence-electron chi connectivity index (χ2n) is 6.48. The minimum Gasteiger partial charge on any atom is -0.507 e. The van der Waals surface area contributed by atoms with E-state index in [2.05, 4.69) is 11.0 Å². The van der Waals surface area contributed by atoms with Crippen molar-refractivity contribution in [2.75, 3.05) is 6.54 Å². The van der Waals surface area contributed by atoms with Gasteiger partial charge in [-0.25, -0.2) is 0 Å². The van der Waals surface area contributed by atoms with Crippen molar-refractivity contribution in [3.05, 3.63) is 81.3 Å². The van der Waals surface area contributed by atoms with Crippen molar-refractivity contribution in [2.45, 2.75) is 11.8 Å². The summed E-state index contributed by atoms with van der Waals surface area (Å²) in [7, 11) is -4.08. The number of hydrogen-bond donors (Lipinski definition) is 1. The van der Waals surface area contributed by atoms with E-state index in [1.807, 2.05) is 6.92 Å². The molecule has 2 aromatic carbocycles. The smallest absolute Gasteiger partial charge is 0.284 e. The van der Waals surface area contributed by atoms with Gasteiger partial charge in [0.2, 0.25) is 0 Å². The standard InChI is InChI=1S/C20H17N3O6S2/c1-3-10-22-19(25)18(12-14-11-15(23(26)27)6-9-17(14)24)30-20(22)21-31(28,29)16-7-4-13(2)5-8-16/h3-9,11-12,24H,1,10H2,2H3/b18-12+,21-20?. The average molecular weight is 460 g/mol. The fourth-order valence-corrected chi connectivity index (χ4v) is 4.83. The number of benzene rings is 2. The monoisotopic (exact) mass is 459 g/mol. The Labute approximate surface area is 182 Å². The number of nitro groups is 1. The molecule has 9 nitrogen and oxygen atoms in total. The zero-order valence-electron chi connectivity index (χ0n) is 16.3. The molecule has 0 bridgehead atoms. The Hall–Kier alpha value is -3.44. The maximum Gasteiger partial charge on any atom is 0.284 e. The second kappa shape index (κ2) is 8.74. The number of aromatic hydroxyl groups is 1. The van der Waals surface area contributed by atoms with E-state index >= 15 is 0 Å². The van der Waals surface area contributed by atoms with E-state index in [0.29, 0.717) is 0 Å². The van der Waals surface area contributed by atoms with Crippen LogP contribution in [0.1, 0.15) is 11.1 Å². The summed E-state index contributed by atoms with van der Waals surface area (Å²) in [5.41, 5.74) is 0.664. The van der Waals surface area contributed by atoms with Crippen LogP contribution in [0.4, 0.5) is 5.69 Å². The molecule has 0 aliphatic carbocycles. The number of thioether (sulfide) groups is 1. The highest BCUT2D eigenvalue weighted by Crippen LogP contribution is 2.35. The van der Waals surface area contributed by atoms with Crippen LogP contribution in [0, 0.1) is 17.0 Å². The van der Waals surface area contributed by atoms with Crippen LogP contribution < -0.4 is 0 Å². The normalized spacial score (nSPS) is 16.8. The van der Waals surface area contributed by atoms with E-state index in [4.69, 9.17) is 0 Å². The molecule has 1 heterocycles. The lowest BCUT2D eigenvalue weighted by atomic mass is 10.1. The lowest BCUT2D eigenvalue weighted by Crippen LogP contribution is -2.29. The highest BCUT2D eigenvalue weighted by atomic mass is 32.2. The number of carbonyl (C=O) groups excluding carboxylic acids is 1. The van der Waals surface area contributed by atoms with Crippen LogP contribution in [-0.4, -0.2) is 41.0 Å². The number of aryl methyl sites for hydroxylation is 1. The molecule has 1 aliphatic rings. The van der Waals surface area contributed by atoms with Crippen molar-refractivity contribution in [3.63, 3.8) is 0 Å². The summed E-state index contributed by atoms with van der Waals surface area (Å²) < 4.78 is 29.2. The van der Waals surface area contributed by atoms with Crippen molar-refractivity contribution in [3.8, 4) is 5.75 Å². The Kier molecular flexibility index (Phi) is 6.27. The number of rotatable bonds is 6. The summed E-state index contributed by atoms with van der Waals surface area (Å²) in [5.74, 6) is -0.826. The SMILES string of the molecule is C=CCN1C(=O)/C(=C\c2cc([N+](=O)[O-])ccc2O)SC1=NS(=O)(=O)c1ccc(C)cc1. The molecule has 3 rings (SSSR count). The molecule has 1 amide bonds. The van der Waals surface area contributed by atoms with Crippen LogP contribution in [0.3, 0.4) is 0 Å². The first-order valence-electron chi connectivity index (χ1n) is 8.84. The number of phenolic OH excluding ortho intramolecular Hbond substituents is 1. The molecular formula is C20H17N3O6S2. The first kappa shape index (κ1) is 22.2. The van der Waals surface area contributed by atoms with E-state index in [1.165, 1.54) is 24.3 Å². The van der Waals surface area contributed by atoms with Crippen molar-refractivity contribution in [1.29, 1.82) is 0 Å². The van der Waals surface area contributed by atoms with E-state index < -0.39 is 20.9 Å². The molecule has 0 radical (unpaired) electrons. The molecule has 0 saturated carbocycles. The Morgan fingerprint density at radius 3 is 2.55 bits per heavy atom. The summed E-state index contributed by atoms with van der Waals surface area (Å²) in [6.07, 6.45) is 2.67. The number of nitrogens with zero attached hydrogens (tertiary/aromatic N) is 3. The van der Waals surface area contributed by atoms with Crippen LogP contribution in [0.25, 0.3) is 6.08 Å².